The fourth-order valence-corrected chi connectivity index (χ4v) is 5.65. The number of ketones is 2. The predicted molar refractivity (Wildman–Crippen MR) is 124 cm³/mol. The molecule has 0 radical (unpaired) electrons. The number of hydrogen-bond donors (Lipinski definition) is 0. The topological polar surface area (TPSA) is 80.8 Å². The van der Waals surface area contributed by atoms with Crippen LogP contribution in [0.25, 0.3) is 0 Å². The molecule has 2 saturated heterocycles. The number of imide groups is 1. The van der Waals surface area contributed by atoms with Gasteiger partial charge in [0.1, 0.15) is 0 Å². The van der Waals surface area contributed by atoms with Crippen molar-refractivity contribution in [3.63, 3.8) is 0 Å². The van der Waals surface area contributed by atoms with E-state index in [1.807, 2.05) is 6.07 Å². The number of fused-ring (bicyclic) bond motifs is 3. The van der Waals surface area contributed by atoms with Crippen molar-refractivity contribution in [1.29, 1.82) is 0 Å². The molecular weight excluding hydrogens is 454 g/mol. The SMILES string of the molecule is Cc1ccccc1N1C(=O)C2C(c3ccc(Cl)cc3)OC3(C(=O)c4ccccc4C3=O)C2C1=O. The maximum Gasteiger partial charge on any atom is 0.241 e. The van der Waals surface area contributed by atoms with Crippen LogP contribution in [0.5, 0.6) is 0 Å². The van der Waals surface area contributed by atoms with E-state index >= 15 is 0 Å². The Hall–Kier alpha value is -3.61. The van der Waals surface area contributed by atoms with Gasteiger partial charge in [-0.3, -0.25) is 19.2 Å². The highest BCUT2D eigenvalue weighted by atomic mass is 35.5. The van der Waals surface area contributed by atoms with E-state index in [9.17, 15) is 19.2 Å². The van der Waals surface area contributed by atoms with Crippen LogP contribution in [-0.4, -0.2) is 29.0 Å². The third kappa shape index (κ3) is 2.55. The molecule has 1 spiro atoms. The number of nitrogens with zero attached hydrogens (tertiary/aromatic N) is 1. The summed E-state index contributed by atoms with van der Waals surface area (Å²) in [4.78, 5) is 56.2. The second-order valence-corrected chi connectivity index (χ2v) is 9.27. The van der Waals surface area contributed by atoms with Gasteiger partial charge in [0, 0.05) is 16.1 Å². The first-order valence-corrected chi connectivity index (χ1v) is 11.3. The first-order chi connectivity index (χ1) is 16.4. The molecule has 3 aromatic rings. The van der Waals surface area contributed by atoms with Gasteiger partial charge in [0.25, 0.3) is 0 Å². The average Bonchev–Trinajstić information content (AvgIpc) is 3.40. The Morgan fingerprint density at radius 3 is 2.00 bits per heavy atom. The molecule has 7 heteroatoms. The molecule has 3 aromatic carbocycles. The summed E-state index contributed by atoms with van der Waals surface area (Å²) in [5.41, 5.74) is 0.0701. The molecule has 1 aliphatic carbocycles. The van der Waals surface area contributed by atoms with Gasteiger partial charge in [-0.15, -0.1) is 0 Å². The molecule has 3 atom stereocenters. The summed E-state index contributed by atoms with van der Waals surface area (Å²) >= 11 is 6.05. The molecule has 2 aliphatic heterocycles. The van der Waals surface area contributed by atoms with Crippen molar-refractivity contribution in [2.75, 3.05) is 4.90 Å². The van der Waals surface area contributed by atoms with Crippen molar-refractivity contribution < 1.29 is 23.9 Å². The quantitative estimate of drug-likeness (QED) is 0.410. The number of carbonyl (C=O) groups is 4. The van der Waals surface area contributed by atoms with Crippen LogP contribution in [0.4, 0.5) is 5.69 Å². The van der Waals surface area contributed by atoms with E-state index in [0.29, 0.717) is 16.3 Å². The summed E-state index contributed by atoms with van der Waals surface area (Å²) < 4.78 is 6.25. The molecule has 6 nitrogen and oxygen atoms in total. The smallest absolute Gasteiger partial charge is 0.241 e. The average molecular weight is 472 g/mol. The van der Waals surface area contributed by atoms with Gasteiger partial charge < -0.3 is 4.74 Å². The molecule has 6 rings (SSSR count). The van der Waals surface area contributed by atoms with Gasteiger partial charge in [-0.1, -0.05) is 66.2 Å². The predicted octanol–water partition coefficient (Wildman–Crippen LogP) is 4.34. The molecule has 2 fully saturated rings. The lowest BCUT2D eigenvalue weighted by molar-refractivity contribution is -0.127. The van der Waals surface area contributed by atoms with E-state index in [-0.39, 0.29) is 11.1 Å². The highest BCUT2D eigenvalue weighted by Crippen LogP contribution is 2.57. The monoisotopic (exact) mass is 471 g/mol. The van der Waals surface area contributed by atoms with E-state index in [1.165, 1.54) is 0 Å². The lowest BCUT2D eigenvalue weighted by atomic mass is 9.77. The Kier molecular flexibility index (Phi) is 4.43. The van der Waals surface area contributed by atoms with Crippen LogP contribution in [0.15, 0.2) is 72.8 Å². The highest BCUT2D eigenvalue weighted by molar-refractivity contribution is 6.37. The van der Waals surface area contributed by atoms with Crippen LogP contribution < -0.4 is 4.90 Å². The van der Waals surface area contributed by atoms with E-state index in [1.54, 1.807) is 73.7 Å². The largest absolute Gasteiger partial charge is 0.349 e. The molecular formula is C27H18ClNO5. The van der Waals surface area contributed by atoms with Crippen molar-refractivity contribution in [2.24, 2.45) is 11.8 Å². The zero-order valence-electron chi connectivity index (χ0n) is 18.0. The summed E-state index contributed by atoms with van der Waals surface area (Å²) in [7, 11) is 0. The van der Waals surface area contributed by atoms with Gasteiger partial charge >= 0.3 is 0 Å². The molecule has 0 aromatic heterocycles. The third-order valence-electron chi connectivity index (χ3n) is 7.07. The molecule has 0 saturated carbocycles. The Labute approximate surface area is 200 Å². The summed E-state index contributed by atoms with van der Waals surface area (Å²) in [6, 6.07) is 20.1. The molecule has 0 bridgehead atoms. The van der Waals surface area contributed by atoms with Crippen molar-refractivity contribution in [3.05, 3.63) is 100 Å². The number of para-hydroxylation sites is 1. The van der Waals surface area contributed by atoms with Gasteiger partial charge in [-0.05, 0) is 36.2 Å². The first kappa shape index (κ1) is 21.0. The molecule has 3 aliphatic rings. The third-order valence-corrected chi connectivity index (χ3v) is 7.33. The highest BCUT2D eigenvalue weighted by Gasteiger charge is 2.74. The maximum atomic E-state index is 13.9. The number of aryl methyl sites for hydroxylation is 1. The van der Waals surface area contributed by atoms with Gasteiger partial charge in [0.05, 0.1) is 23.6 Å². The molecule has 0 N–H and O–H groups in total. The van der Waals surface area contributed by atoms with E-state index in [0.717, 1.165) is 10.5 Å². The number of anilines is 1. The number of amides is 2. The number of ether oxygens (including phenoxy) is 1. The van der Waals surface area contributed by atoms with E-state index in [2.05, 4.69) is 0 Å². The Morgan fingerprint density at radius 1 is 0.794 bits per heavy atom. The zero-order chi connectivity index (χ0) is 23.8. The second-order valence-electron chi connectivity index (χ2n) is 8.83. The van der Waals surface area contributed by atoms with Crippen LogP contribution >= 0.6 is 11.6 Å². The van der Waals surface area contributed by atoms with Gasteiger partial charge in [-0.25, -0.2) is 4.90 Å². The number of rotatable bonds is 2. The molecule has 2 amide bonds. The van der Waals surface area contributed by atoms with Crippen molar-refractivity contribution in [1.82, 2.24) is 0 Å². The Balaban J connectivity index is 1.56. The van der Waals surface area contributed by atoms with Crippen LogP contribution in [-0.2, 0) is 14.3 Å². The van der Waals surface area contributed by atoms with Gasteiger partial charge in [0.15, 0.2) is 0 Å². The van der Waals surface area contributed by atoms with Crippen molar-refractivity contribution >= 4 is 40.7 Å². The molecule has 34 heavy (non-hydrogen) atoms. The van der Waals surface area contributed by atoms with Crippen LogP contribution in [0.1, 0.15) is 37.9 Å². The number of Topliss-reactive ketones (excluding diaryl/α,β-unsaturated/α-hetero) is 2. The number of halogens is 1. The Morgan fingerprint density at radius 2 is 1.38 bits per heavy atom. The fraction of sp³-hybridized carbons (Fsp3) is 0.185. The minimum absolute atomic E-state index is 0.206. The summed E-state index contributed by atoms with van der Waals surface area (Å²) in [5.74, 6) is -4.55. The molecule has 2 heterocycles. The Bertz CT molecular complexity index is 1380. The minimum atomic E-state index is -2.08. The standard InChI is InChI=1S/C27H18ClNO5/c1-14-6-2-5-9-19(14)29-25(32)20-21(26(29)33)27(34-22(20)15-10-12-16(28)13-11-15)23(30)17-7-3-4-8-18(17)24(27)31/h2-13,20-22H,1H3. The lowest BCUT2D eigenvalue weighted by Gasteiger charge is -2.27. The molecule has 3 unspecified atom stereocenters. The number of hydrogen-bond acceptors (Lipinski definition) is 5. The zero-order valence-corrected chi connectivity index (χ0v) is 18.8. The normalized spacial score (nSPS) is 24.8. The van der Waals surface area contributed by atoms with Gasteiger partial charge in [0.2, 0.25) is 29.0 Å². The first-order valence-electron chi connectivity index (χ1n) is 10.9. The maximum absolute atomic E-state index is 13.9. The summed E-state index contributed by atoms with van der Waals surface area (Å²) in [6.07, 6.45) is -0.963. The molecule has 168 valence electrons. The van der Waals surface area contributed by atoms with Gasteiger partial charge in [-0.2, -0.15) is 0 Å². The van der Waals surface area contributed by atoms with E-state index in [4.69, 9.17) is 16.3 Å². The van der Waals surface area contributed by atoms with Crippen LogP contribution in [0.3, 0.4) is 0 Å². The number of carbonyl (C=O) groups excluding carboxylic acids is 4. The van der Waals surface area contributed by atoms with Crippen molar-refractivity contribution in [3.8, 4) is 0 Å². The van der Waals surface area contributed by atoms with E-state index < -0.39 is 46.9 Å². The summed E-state index contributed by atoms with van der Waals surface area (Å²) in [6.45, 7) is 1.80. The second kappa shape index (κ2) is 7.19. The lowest BCUT2D eigenvalue weighted by Crippen LogP contribution is -2.51. The van der Waals surface area contributed by atoms with Crippen LogP contribution in [0.2, 0.25) is 5.02 Å². The number of benzene rings is 3. The summed E-state index contributed by atoms with van der Waals surface area (Å²) in [5, 5.41) is 0.490. The van der Waals surface area contributed by atoms with Crippen molar-refractivity contribution in [2.45, 2.75) is 18.6 Å². The fourth-order valence-electron chi connectivity index (χ4n) is 5.52. The minimum Gasteiger partial charge on any atom is -0.349 e. The van der Waals surface area contributed by atoms with Crippen LogP contribution in [0, 0.1) is 18.8 Å².